The standard InChI is InChI=1S/C27H26F4N2O2/c1-25-13-18-15-32-33(22-7-5-21(28)6-8-22)23(18)12-19(25)9-10-26(25,16-34)14-24(35)17-3-2-4-20(11-17)27(29,30)31/h2-8,11-12,15,24,34-35H,9-10,13-14,16H2,1H3/t24?,25-,26-/m0/s1. The van der Waals surface area contributed by atoms with E-state index in [1.165, 1.54) is 24.3 Å². The second kappa shape index (κ2) is 8.31. The quantitative estimate of drug-likeness (QED) is 0.444. The molecule has 0 spiro atoms. The molecule has 0 saturated heterocycles. The molecular formula is C27H26F4N2O2. The molecule has 184 valence electrons. The Morgan fingerprint density at radius 2 is 1.89 bits per heavy atom. The predicted molar refractivity (Wildman–Crippen MR) is 123 cm³/mol. The Morgan fingerprint density at radius 3 is 2.57 bits per heavy atom. The van der Waals surface area contributed by atoms with Crippen molar-refractivity contribution in [2.24, 2.45) is 10.8 Å². The minimum atomic E-state index is -4.50. The third-order valence-electron chi connectivity index (χ3n) is 8.05. The first kappa shape index (κ1) is 23.8. The molecule has 3 atom stereocenters. The molecule has 0 amide bonds. The number of aliphatic hydroxyl groups is 2. The topological polar surface area (TPSA) is 58.3 Å². The number of aromatic nitrogens is 2. The Hall–Kier alpha value is -2.97. The Bertz CT molecular complexity index is 1280. The van der Waals surface area contributed by atoms with Crippen LogP contribution in [0.4, 0.5) is 17.6 Å². The summed E-state index contributed by atoms with van der Waals surface area (Å²) in [5, 5.41) is 26.1. The van der Waals surface area contributed by atoms with E-state index < -0.39 is 28.7 Å². The third-order valence-corrected chi connectivity index (χ3v) is 8.05. The van der Waals surface area contributed by atoms with Gasteiger partial charge in [0.1, 0.15) is 5.82 Å². The number of aliphatic hydroxyl groups excluding tert-OH is 2. The minimum Gasteiger partial charge on any atom is -0.396 e. The highest BCUT2D eigenvalue weighted by molar-refractivity contribution is 5.62. The molecule has 3 aromatic rings. The van der Waals surface area contributed by atoms with Gasteiger partial charge in [-0.3, -0.25) is 0 Å². The van der Waals surface area contributed by atoms with E-state index in [2.05, 4.69) is 18.1 Å². The van der Waals surface area contributed by atoms with Crippen LogP contribution in [-0.2, 0) is 12.6 Å². The molecule has 1 saturated carbocycles. The van der Waals surface area contributed by atoms with E-state index in [4.69, 9.17) is 0 Å². The summed E-state index contributed by atoms with van der Waals surface area (Å²) in [6, 6.07) is 10.8. The first-order chi connectivity index (χ1) is 16.6. The van der Waals surface area contributed by atoms with E-state index in [0.29, 0.717) is 19.3 Å². The van der Waals surface area contributed by atoms with Crippen molar-refractivity contribution in [1.82, 2.24) is 9.78 Å². The van der Waals surface area contributed by atoms with Gasteiger partial charge in [-0.1, -0.05) is 24.6 Å². The smallest absolute Gasteiger partial charge is 0.396 e. The van der Waals surface area contributed by atoms with Crippen LogP contribution in [0, 0.1) is 16.6 Å². The van der Waals surface area contributed by atoms with Gasteiger partial charge in [0.2, 0.25) is 0 Å². The van der Waals surface area contributed by atoms with E-state index in [1.54, 1.807) is 23.0 Å². The summed E-state index contributed by atoms with van der Waals surface area (Å²) in [5.74, 6) is -0.330. The zero-order valence-electron chi connectivity index (χ0n) is 19.2. The number of nitrogens with zero attached hydrogens (tertiary/aromatic N) is 2. The molecule has 1 aromatic heterocycles. The Labute approximate surface area is 200 Å². The maximum absolute atomic E-state index is 13.4. The average Bonchev–Trinajstić information content (AvgIpc) is 3.35. The fraction of sp³-hybridized carbons (Fsp3) is 0.370. The van der Waals surface area contributed by atoms with E-state index >= 15 is 0 Å². The molecule has 0 radical (unpaired) electrons. The van der Waals surface area contributed by atoms with Crippen LogP contribution in [0.3, 0.4) is 0 Å². The van der Waals surface area contributed by atoms with Crippen LogP contribution in [0.1, 0.15) is 54.7 Å². The highest BCUT2D eigenvalue weighted by atomic mass is 19.4. The molecule has 2 N–H and O–H groups in total. The van der Waals surface area contributed by atoms with Crippen molar-refractivity contribution in [1.29, 1.82) is 0 Å². The van der Waals surface area contributed by atoms with Crippen molar-refractivity contribution in [3.63, 3.8) is 0 Å². The van der Waals surface area contributed by atoms with Crippen molar-refractivity contribution >= 4 is 6.08 Å². The summed E-state index contributed by atoms with van der Waals surface area (Å²) in [4.78, 5) is 0. The Balaban J connectivity index is 1.46. The van der Waals surface area contributed by atoms with Crippen molar-refractivity contribution in [2.75, 3.05) is 6.61 Å². The van der Waals surface area contributed by atoms with Crippen molar-refractivity contribution in [3.8, 4) is 5.69 Å². The third kappa shape index (κ3) is 3.89. The maximum Gasteiger partial charge on any atom is 0.416 e. The molecule has 8 heteroatoms. The molecule has 35 heavy (non-hydrogen) atoms. The van der Waals surface area contributed by atoms with Gasteiger partial charge in [-0.05, 0) is 79.3 Å². The number of benzene rings is 2. The largest absolute Gasteiger partial charge is 0.416 e. The molecule has 1 heterocycles. The fourth-order valence-electron chi connectivity index (χ4n) is 5.87. The molecule has 0 bridgehead atoms. The lowest BCUT2D eigenvalue weighted by atomic mass is 9.59. The molecular weight excluding hydrogens is 460 g/mol. The first-order valence-corrected chi connectivity index (χ1v) is 11.6. The van der Waals surface area contributed by atoms with Gasteiger partial charge in [-0.15, -0.1) is 0 Å². The molecule has 4 nitrogen and oxygen atoms in total. The summed E-state index contributed by atoms with van der Waals surface area (Å²) in [5.41, 5.74) is 1.90. The zero-order valence-corrected chi connectivity index (χ0v) is 19.2. The normalized spacial score (nSPS) is 24.6. The number of halogens is 4. The summed E-state index contributed by atoms with van der Waals surface area (Å²) in [7, 11) is 0. The number of allylic oxidation sites excluding steroid dienone is 1. The second-order valence-corrected chi connectivity index (χ2v) is 9.90. The van der Waals surface area contributed by atoms with E-state index in [9.17, 15) is 27.8 Å². The number of alkyl halides is 3. The van der Waals surface area contributed by atoms with Gasteiger partial charge in [0.15, 0.2) is 0 Å². The van der Waals surface area contributed by atoms with Crippen molar-refractivity contribution in [2.45, 2.75) is 44.9 Å². The molecule has 0 aliphatic heterocycles. The van der Waals surface area contributed by atoms with Crippen LogP contribution in [-0.4, -0.2) is 26.6 Å². The van der Waals surface area contributed by atoms with E-state index in [0.717, 1.165) is 34.7 Å². The van der Waals surface area contributed by atoms with Crippen LogP contribution in [0.15, 0.2) is 60.3 Å². The monoisotopic (exact) mass is 486 g/mol. The molecule has 2 aliphatic carbocycles. The number of rotatable bonds is 5. The molecule has 2 aliphatic rings. The van der Waals surface area contributed by atoms with Crippen LogP contribution < -0.4 is 0 Å². The summed E-state index contributed by atoms with van der Waals surface area (Å²) in [6.45, 7) is 1.86. The number of fused-ring (bicyclic) bond motifs is 2. The highest BCUT2D eigenvalue weighted by Crippen LogP contribution is 2.62. The Morgan fingerprint density at radius 1 is 1.14 bits per heavy atom. The Kier molecular flexibility index (Phi) is 5.64. The fourth-order valence-corrected chi connectivity index (χ4v) is 5.87. The van der Waals surface area contributed by atoms with Gasteiger partial charge in [0.05, 0.1) is 29.2 Å². The molecule has 5 rings (SSSR count). The lowest BCUT2D eigenvalue weighted by Gasteiger charge is -2.46. The van der Waals surface area contributed by atoms with Gasteiger partial charge in [-0.2, -0.15) is 18.3 Å². The SMILES string of the molecule is C[C@]12Cc3cnn(-c4ccc(F)cc4)c3C=C1CC[C@@]2(CO)CC(O)c1cccc(C(F)(F)F)c1. The van der Waals surface area contributed by atoms with E-state index in [1.807, 2.05) is 0 Å². The van der Waals surface area contributed by atoms with Crippen LogP contribution >= 0.6 is 0 Å². The molecule has 1 fully saturated rings. The van der Waals surface area contributed by atoms with Gasteiger partial charge in [0, 0.05) is 17.4 Å². The van der Waals surface area contributed by atoms with Crippen LogP contribution in [0.5, 0.6) is 0 Å². The summed E-state index contributed by atoms with van der Waals surface area (Å²) < 4.78 is 54.7. The van der Waals surface area contributed by atoms with Crippen LogP contribution in [0.2, 0.25) is 0 Å². The molecule has 1 unspecified atom stereocenters. The van der Waals surface area contributed by atoms with Gasteiger partial charge in [-0.25, -0.2) is 9.07 Å². The highest BCUT2D eigenvalue weighted by Gasteiger charge is 2.56. The summed E-state index contributed by atoms with van der Waals surface area (Å²) in [6.07, 6.45) is 0.194. The lowest BCUT2D eigenvalue weighted by molar-refractivity contribution is -0.137. The minimum absolute atomic E-state index is 0.139. The van der Waals surface area contributed by atoms with Gasteiger partial charge in [0.25, 0.3) is 0 Å². The van der Waals surface area contributed by atoms with Gasteiger partial charge < -0.3 is 10.2 Å². The molecule has 2 aromatic carbocycles. The van der Waals surface area contributed by atoms with Gasteiger partial charge >= 0.3 is 6.18 Å². The zero-order chi connectivity index (χ0) is 25.0. The van der Waals surface area contributed by atoms with Crippen molar-refractivity contribution in [3.05, 3.63) is 88.5 Å². The average molecular weight is 487 g/mol. The maximum atomic E-state index is 13.4. The van der Waals surface area contributed by atoms with E-state index in [-0.39, 0.29) is 24.4 Å². The first-order valence-electron chi connectivity index (χ1n) is 11.6. The van der Waals surface area contributed by atoms with Crippen molar-refractivity contribution < 1.29 is 27.8 Å². The summed E-state index contributed by atoms with van der Waals surface area (Å²) >= 11 is 0. The lowest BCUT2D eigenvalue weighted by Crippen LogP contribution is -2.43. The number of hydrogen-bond acceptors (Lipinski definition) is 3. The number of hydrogen-bond donors (Lipinski definition) is 2. The van der Waals surface area contributed by atoms with Crippen LogP contribution in [0.25, 0.3) is 11.8 Å². The predicted octanol–water partition coefficient (Wildman–Crippen LogP) is 5.87. The second-order valence-electron chi connectivity index (χ2n) is 9.90.